The number of sulfonamides is 1. The van der Waals surface area contributed by atoms with Gasteiger partial charge in [0, 0.05) is 17.1 Å². The summed E-state index contributed by atoms with van der Waals surface area (Å²) in [5, 5.41) is 3.19. The summed E-state index contributed by atoms with van der Waals surface area (Å²) in [5.41, 5.74) is 1.69. The number of halogens is 2. The van der Waals surface area contributed by atoms with Crippen LogP contribution in [0.3, 0.4) is 0 Å². The molecule has 0 aliphatic carbocycles. The molecule has 0 amide bonds. The van der Waals surface area contributed by atoms with Crippen molar-refractivity contribution in [1.29, 1.82) is 0 Å². The lowest BCUT2D eigenvalue weighted by Crippen LogP contribution is -2.13. The standard InChI is InChI=1S/C18H14ClFN2O2S/c19-17-6-1-2-7-18(17)25(23,24)22-15-10-8-14(9-11-15)21-16-5-3-4-13(20)12-16/h1-12,21-22H. The number of hydrogen-bond donors (Lipinski definition) is 2. The minimum atomic E-state index is -3.77. The third-order valence-electron chi connectivity index (χ3n) is 3.38. The fourth-order valence-corrected chi connectivity index (χ4v) is 3.81. The van der Waals surface area contributed by atoms with Crippen molar-refractivity contribution in [3.05, 3.63) is 83.6 Å². The molecule has 0 bridgehead atoms. The van der Waals surface area contributed by atoms with Gasteiger partial charge in [0.05, 0.1) is 5.02 Å². The first kappa shape index (κ1) is 17.3. The van der Waals surface area contributed by atoms with E-state index >= 15 is 0 Å². The Labute approximate surface area is 150 Å². The Bertz CT molecular complexity index is 992. The van der Waals surface area contributed by atoms with Gasteiger partial charge < -0.3 is 5.32 Å². The summed E-state index contributed by atoms with van der Waals surface area (Å²) in [6, 6.07) is 18.9. The van der Waals surface area contributed by atoms with Crippen molar-refractivity contribution < 1.29 is 12.8 Å². The van der Waals surface area contributed by atoms with E-state index in [1.807, 2.05) is 0 Å². The maximum Gasteiger partial charge on any atom is 0.263 e. The predicted molar refractivity (Wildman–Crippen MR) is 98.4 cm³/mol. The molecule has 0 atom stereocenters. The Hall–Kier alpha value is -2.57. The quantitative estimate of drug-likeness (QED) is 0.657. The molecule has 0 heterocycles. The Morgan fingerprint density at radius 1 is 0.800 bits per heavy atom. The van der Waals surface area contributed by atoms with Gasteiger partial charge >= 0.3 is 0 Å². The fraction of sp³-hybridized carbons (Fsp3) is 0. The van der Waals surface area contributed by atoms with Crippen LogP contribution in [-0.2, 0) is 10.0 Å². The zero-order chi connectivity index (χ0) is 17.9. The van der Waals surface area contributed by atoms with Gasteiger partial charge in [0.15, 0.2) is 0 Å². The topological polar surface area (TPSA) is 58.2 Å². The number of nitrogens with one attached hydrogen (secondary N) is 2. The summed E-state index contributed by atoms with van der Waals surface area (Å²) in [4.78, 5) is 0.0126. The fourth-order valence-electron chi connectivity index (χ4n) is 2.23. The Morgan fingerprint density at radius 2 is 1.48 bits per heavy atom. The van der Waals surface area contributed by atoms with Crippen LogP contribution in [-0.4, -0.2) is 8.42 Å². The number of rotatable bonds is 5. The normalized spacial score (nSPS) is 11.1. The lowest BCUT2D eigenvalue weighted by molar-refractivity contribution is 0.601. The van der Waals surface area contributed by atoms with E-state index in [4.69, 9.17) is 11.6 Å². The van der Waals surface area contributed by atoms with Crippen LogP contribution in [0.5, 0.6) is 0 Å². The Kier molecular flexibility index (Phi) is 4.92. The molecule has 3 aromatic rings. The van der Waals surface area contributed by atoms with Crippen molar-refractivity contribution in [2.45, 2.75) is 4.90 Å². The number of anilines is 3. The average Bonchev–Trinajstić information content (AvgIpc) is 2.57. The summed E-state index contributed by atoms with van der Waals surface area (Å²) in [6.07, 6.45) is 0. The first-order valence-corrected chi connectivity index (χ1v) is 9.20. The molecule has 128 valence electrons. The Morgan fingerprint density at radius 3 is 2.16 bits per heavy atom. The first-order valence-electron chi connectivity index (χ1n) is 7.34. The van der Waals surface area contributed by atoms with Gasteiger partial charge in [-0.2, -0.15) is 0 Å². The summed E-state index contributed by atoms with van der Waals surface area (Å²) in [5.74, 6) is -0.339. The molecule has 0 saturated heterocycles. The summed E-state index contributed by atoms with van der Waals surface area (Å²) in [6.45, 7) is 0. The van der Waals surface area contributed by atoms with Gasteiger partial charge in [0.1, 0.15) is 10.7 Å². The highest BCUT2D eigenvalue weighted by molar-refractivity contribution is 7.92. The molecule has 3 aromatic carbocycles. The highest BCUT2D eigenvalue weighted by Gasteiger charge is 2.17. The summed E-state index contributed by atoms with van der Waals surface area (Å²) >= 11 is 5.94. The van der Waals surface area contributed by atoms with Gasteiger partial charge in [-0.05, 0) is 54.6 Å². The third kappa shape index (κ3) is 4.29. The highest BCUT2D eigenvalue weighted by atomic mass is 35.5. The van der Waals surface area contributed by atoms with Crippen molar-refractivity contribution >= 4 is 38.7 Å². The van der Waals surface area contributed by atoms with Gasteiger partial charge in [0.25, 0.3) is 10.0 Å². The molecule has 7 heteroatoms. The zero-order valence-corrected chi connectivity index (χ0v) is 14.5. The van der Waals surface area contributed by atoms with Gasteiger partial charge in [-0.15, -0.1) is 0 Å². The van der Waals surface area contributed by atoms with E-state index in [-0.39, 0.29) is 15.7 Å². The maximum atomic E-state index is 13.2. The molecule has 0 saturated carbocycles. The second kappa shape index (κ2) is 7.13. The highest BCUT2D eigenvalue weighted by Crippen LogP contribution is 2.25. The molecule has 0 aliphatic heterocycles. The second-order valence-corrected chi connectivity index (χ2v) is 7.31. The Balaban J connectivity index is 1.75. The van der Waals surface area contributed by atoms with Crippen LogP contribution in [0.4, 0.5) is 21.5 Å². The number of benzene rings is 3. The van der Waals surface area contributed by atoms with Crippen molar-refractivity contribution in [3.63, 3.8) is 0 Å². The largest absolute Gasteiger partial charge is 0.355 e. The van der Waals surface area contributed by atoms with Crippen molar-refractivity contribution in [2.75, 3.05) is 10.0 Å². The molecule has 3 rings (SSSR count). The SMILES string of the molecule is O=S(=O)(Nc1ccc(Nc2cccc(F)c2)cc1)c1ccccc1Cl. The van der Waals surface area contributed by atoms with E-state index in [0.717, 1.165) is 0 Å². The monoisotopic (exact) mass is 376 g/mol. The molecular formula is C18H14ClFN2O2S. The van der Waals surface area contributed by atoms with Gasteiger partial charge in [-0.1, -0.05) is 29.8 Å². The molecule has 2 N–H and O–H groups in total. The first-order chi connectivity index (χ1) is 11.9. The minimum absolute atomic E-state index is 0.0126. The summed E-state index contributed by atoms with van der Waals surface area (Å²) in [7, 11) is -3.77. The van der Waals surface area contributed by atoms with Gasteiger partial charge in [-0.3, -0.25) is 4.72 Å². The van der Waals surface area contributed by atoms with E-state index < -0.39 is 10.0 Å². The van der Waals surface area contributed by atoms with Crippen LogP contribution in [0.2, 0.25) is 5.02 Å². The van der Waals surface area contributed by atoms with Crippen LogP contribution in [0.1, 0.15) is 0 Å². The van der Waals surface area contributed by atoms with Crippen LogP contribution in [0.15, 0.2) is 77.7 Å². The van der Waals surface area contributed by atoms with Gasteiger partial charge in [-0.25, -0.2) is 12.8 Å². The third-order valence-corrected chi connectivity index (χ3v) is 5.26. The molecule has 0 unspecified atom stereocenters. The lowest BCUT2D eigenvalue weighted by atomic mass is 10.2. The molecule has 4 nitrogen and oxygen atoms in total. The maximum absolute atomic E-state index is 13.2. The van der Waals surface area contributed by atoms with Crippen LogP contribution in [0.25, 0.3) is 0 Å². The second-order valence-electron chi connectivity index (χ2n) is 5.25. The minimum Gasteiger partial charge on any atom is -0.355 e. The molecule has 0 aliphatic rings. The predicted octanol–water partition coefficient (Wildman–Crippen LogP) is 5.02. The lowest BCUT2D eigenvalue weighted by Gasteiger charge is -2.11. The molecule has 0 fully saturated rings. The van der Waals surface area contributed by atoms with E-state index in [2.05, 4.69) is 10.0 Å². The number of hydrogen-bond acceptors (Lipinski definition) is 3. The molecule has 0 aromatic heterocycles. The van der Waals surface area contributed by atoms with E-state index in [1.165, 1.54) is 24.3 Å². The van der Waals surface area contributed by atoms with E-state index in [0.29, 0.717) is 17.1 Å². The molecule has 0 radical (unpaired) electrons. The molecule has 25 heavy (non-hydrogen) atoms. The van der Waals surface area contributed by atoms with Crippen LogP contribution in [0, 0.1) is 5.82 Å². The smallest absolute Gasteiger partial charge is 0.263 e. The van der Waals surface area contributed by atoms with Crippen molar-refractivity contribution in [3.8, 4) is 0 Å². The zero-order valence-electron chi connectivity index (χ0n) is 12.9. The van der Waals surface area contributed by atoms with Crippen LogP contribution >= 0.6 is 11.6 Å². The molecular weight excluding hydrogens is 363 g/mol. The van der Waals surface area contributed by atoms with E-state index in [1.54, 1.807) is 48.5 Å². The molecule has 0 spiro atoms. The summed E-state index contributed by atoms with van der Waals surface area (Å²) < 4.78 is 40.4. The van der Waals surface area contributed by atoms with Crippen molar-refractivity contribution in [2.24, 2.45) is 0 Å². The van der Waals surface area contributed by atoms with Crippen molar-refractivity contribution in [1.82, 2.24) is 0 Å². The van der Waals surface area contributed by atoms with E-state index in [9.17, 15) is 12.8 Å². The van der Waals surface area contributed by atoms with Crippen LogP contribution < -0.4 is 10.0 Å². The van der Waals surface area contributed by atoms with Gasteiger partial charge in [0.2, 0.25) is 0 Å². The average molecular weight is 377 g/mol.